The molecule has 0 saturated heterocycles. The first-order valence-electron chi connectivity index (χ1n) is 6.24. The van der Waals surface area contributed by atoms with E-state index in [1.165, 1.54) is 6.42 Å². The maximum atomic E-state index is 10.5. The Morgan fingerprint density at radius 2 is 2.18 bits per heavy atom. The molecule has 17 heavy (non-hydrogen) atoms. The van der Waals surface area contributed by atoms with E-state index in [9.17, 15) is 5.11 Å². The van der Waals surface area contributed by atoms with Gasteiger partial charge in [-0.25, -0.2) is 0 Å². The third-order valence-electron chi connectivity index (χ3n) is 3.52. The maximum Gasteiger partial charge on any atom is 0.149 e. The summed E-state index contributed by atoms with van der Waals surface area (Å²) in [4.78, 5) is 0. The Balaban J connectivity index is 2.23. The van der Waals surface area contributed by atoms with Crippen molar-refractivity contribution in [2.75, 3.05) is 6.61 Å². The minimum Gasteiger partial charge on any atom is -0.465 e. The van der Waals surface area contributed by atoms with Crippen LogP contribution in [0.15, 0.2) is 21.2 Å². The normalized spacial score (nSPS) is 21.4. The minimum atomic E-state index is -0.688. The molecular formula is C13H19BrO3. The van der Waals surface area contributed by atoms with E-state index in [0.717, 1.165) is 30.2 Å². The predicted octanol–water partition coefficient (Wildman–Crippen LogP) is 3.81. The number of furan rings is 1. The maximum absolute atomic E-state index is 10.5. The van der Waals surface area contributed by atoms with E-state index in [-0.39, 0.29) is 0 Å². The lowest BCUT2D eigenvalue weighted by Gasteiger charge is -2.40. The molecule has 0 bridgehead atoms. The van der Waals surface area contributed by atoms with Crippen molar-refractivity contribution in [1.82, 2.24) is 0 Å². The summed E-state index contributed by atoms with van der Waals surface area (Å²) >= 11 is 3.40. The topological polar surface area (TPSA) is 42.6 Å². The van der Waals surface area contributed by atoms with Crippen LogP contribution in [0.2, 0.25) is 0 Å². The molecular weight excluding hydrogens is 284 g/mol. The van der Waals surface area contributed by atoms with E-state index in [1.807, 2.05) is 6.92 Å². The summed E-state index contributed by atoms with van der Waals surface area (Å²) in [6.45, 7) is 2.59. The lowest BCUT2D eigenvalue weighted by atomic mass is 9.79. The molecule has 96 valence electrons. The molecule has 0 aromatic carbocycles. The zero-order chi connectivity index (χ0) is 12.3. The van der Waals surface area contributed by atoms with Crippen LogP contribution < -0.4 is 0 Å². The second-order valence-corrected chi connectivity index (χ2v) is 5.45. The number of hydrogen-bond donors (Lipinski definition) is 1. The van der Waals surface area contributed by atoms with Gasteiger partial charge in [0, 0.05) is 6.61 Å². The highest BCUT2D eigenvalue weighted by Crippen LogP contribution is 2.43. The average Bonchev–Trinajstić information content (AvgIpc) is 2.76. The Morgan fingerprint density at radius 1 is 1.47 bits per heavy atom. The van der Waals surface area contributed by atoms with Crippen molar-refractivity contribution in [2.45, 2.75) is 50.7 Å². The summed E-state index contributed by atoms with van der Waals surface area (Å²) in [6, 6.07) is 1.81. The Hall–Kier alpha value is -0.320. The fraction of sp³-hybridized carbons (Fsp3) is 0.692. The highest BCUT2D eigenvalue weighted by Gasteiger charge is 2.42. The van der Waals surface area contributed by atoms with Crippen molar-refractivity contribution in [2.24, 2.45) is 0 Å². The molecule has 0 aliphatic heterocycles. The highest BCUT2D eigenvalue weighted by atomic mass is 79.9. The number of aliphatic hydroxyl groups is 1. The second kappa shape index (κ2) is 5.55. The van der Waals surface area contributed by atoms with E-state index in [0.29, 0.717) is 12.4 Å². The van der Waals surface area contributed by atoms with Crippen LogP contribution in [0.25, 0.3) is 0 Å². The molecule has 0 amide bonds. The van der Waals surface area contributed by atoms with Gasteiger partial charge in [-0.15, -0.1) is 0 Å². The molecule has 3 nitrogen and oxygen atoms in total. The van der Waals surface area contributed by atoms with E-state index in [1.54, 1.807) is 12.3 Å². The summed E-state index contributed by atoms with van der Waals surface area (Å²) in [6.07, 6.45) is 6.13. The molecule has 0 radical (unpaired) electrons. The van der Waals surface area contributed by atoms with Gasteiger partial charge < -0.3 is 14.3 Å². The molecule has 1 N–H and O–H groups in total. The molecule has 1 aromatic heterocycles. The minimum absolute atomic E-state index is 0.465. The van der Waals surface area contributed by atoms with E-state index < -0.39 is 11.7 Å². The number of ether oxygens (including phenoxy) is 1. The van der Waals surface area contributed by atoms with Gasteiger partial charge in [0.05, 0.1) is 10.7 Å². The largest absolute Gasteiger partial charge is 0.465 e. The lowest BCUT2D eigenvalue weighted by molar-refractivity contribution is -0.147. The molecule has 4 heteroatoms. The molecule has 1 unspecified atom stereocenters. The molecule has 1 atom stereocenters. The first kappa shape index (κ1) is 13.1. The zero-order valence-corrected chi connectivity index (χ0v) is 11.7. The fourth-order valence-electron chi connectivity index (χ4n) is 2.67. The van der Waals surface area contributed by atoms with Crippen molar-refractivity contribution < 1.29 is 14.3 Å². The molecule has 1 heterocycles. The smallest absolute Gasteiger partial charge is 0.149 e. The van der Waals surface area contributed by atoms with Crippen LogP contribution >= 0.6 is 15.9 Å². The van der Waals surface area contributed by atoms with Crippen molar-refractivity contribution in [3.05, 3.63) is 22.6 Å². The quantitative estimate of drug-likeness (QED) is 0.919. The van der Waals surface area contributed by atoms with Gasteiger partial charge in [-0.1, -0.05) is 19.3 Å². The van der Waals surface area contributed by atoms with Crippen LogP contribution in [0, 0.1) is 0 Å². The molecule has 1 saturated carbocycles. The summed E-state index contributed by atoms with van der Waals surface area (Å²) in [5.74, 6) is 0.584. The van der Waals surface area contributed by atoms with Crippen LogP contribution in [0.3, 0.4) is 0 Å². The van der Waals surface area contributed by atoms with E-state index >= 15 is 0 Å². The van der Waals surface area contributed by atoms with Crippen LogP contribution in [0.1, 0.15) is 50.9 Å². The van der Waals surface area contributed by atoms with Crippen LogP contribution in [0.5, 0.6) is 0 Å². The standard InChI is InChI=1S/C13H19BrO3/c1-2-17-13(7-4-3-5-8-13)12(15)11-10(14)6-9-16-11/h6,9,12,15H,2-5,7-8H2,1H3. The van der Waals surface area contributed by atoms with Gasteiger partial charge in [-0.3, -0.25) is 0 Å². The number of halogens is 1. The van der Waals surface area contributed by atoms with Crippen LogP contribution in [-0.4, -0.2) is 17.3 Å². The molecule has 1 fully saturated rings. The molecule has 0 spiro atoms. The molecule has 1 aromatic rings. The second-order valence-electron chi connectivity index (χ2n) is 4.59. The fourth-order valence-corrected chi connectivity index (χ4v) is 3.09. The highest BCUT2D eigenvalue weighted by molar-refractivity contribution is 9.10. The van der Waals surface area contributed by atoms with Crippen molar-refractivity contribution in [3.63, 3.8) is 0 Å². The van der Waals surface area contributed by atoms with Gasteiger partial charge in [0.25, 0.3) is 0 Å². The summed E-state index contributed by atoms with van der Waals surface area (Å²) < 4.78 is 12.1. The first-order chi connectivity index (χ1) is 8.19. The third kappa shape index (κ3) is 2.59. The average molecular weight is 303 g/mol. The Labute approximate surface area is 110 Å². The number of aliphatic hydroxyl groups excluding tert-OH is 1. The van der Waals surface area contributed by atoms with Gasteiger partial charge >= 0.3 is 0 Å². The summed E-state index contributed by atoms with van der Waals surface area (Å²) in [5.41, 5.74) is -0.465. The third-order valence-corrected chi connectivity index (χ3v) is 4.18. The zero-order valence-electron chi connectivity index (χ0n) is 10.1. The first-order valence-corrected chi connectivity index (χ1v) is 7.04. The van der Waals surface area contributed by atoms with Gasteiger partial charge in [0.15, 0.2) is 0 Å². The Kier molecular flexibility index (Phi) is 4.28. The van der Waals surface area contributed by atoms with E-state index in [4.69, 9.17) is 9.15 Å². The van der Waals surface area contributed by atoms with Crippen LogP contribution in [0.4, 0.5) is 0 Å². The van der Waals surface area contributed by atoms with Gasteiger partial charge in [-0.05, 0) is 41.8 Å². The number of hydrogen-bond acceptors (Lipinski definition) is 3. The van der Waals surface area contributed by atoms with Crippen molar-refractivity contribution in [3.8, 4) is 0 Å². The lowest BCUT2D eigenvalue weighted by Crippen LogP contribution is -2.41. The monoisotopic (exact) mass is 302 g/mol. The summed E-state index contributed by atoms with van der Waals surface area (Å²) in [7, 11) is 0. The van der Waals surface area contributed by atoms with Gasteiger partial charge in [0.1, 0.15) is 17.5 Å². The molecule has 2 rings (SSSR count). The number of rotatable bonds is 4. The van der Waals surface area contributed by atoms with Gasteiger partial charge in [-0.2, -0.15) is 0 Å². The van der Waals surface area contributed by atoms with Crippen molar-refractivity contribution >= 4 is 15.9 Å². The van der Waals surface area contributed by atoms with E-state index in [2.05, 4.69) is 15.9 Å². The Bertz CT molecular complexity index is 350. The predicted molar refractivity (Wildman–Crippen MR) is 68.8 cm³/mol. The molecule has 1 aliphatic rings. The SMILES string of the molecule is CCOC1(C(O)c2occc2Br)CCCCC1. The van der Waals surface area contributed by atoms with Gasteiger partial charge in [0.2, 0.25) is 0 Å². The van der Waals surface area contributed by atoms with Crippen LogP contribution in [-0.2, 0) is 4.74 Å². The van der Waals surface area contributed by atoms with Crippen molar-refractivity contribution in [1.29, 1.82) is 0 Å². The molecule has 1 aliphatic carbocycles. The summed E-state index contributed by atoms with van der Waals surface area (Å²) in [5, 5.41) is 10.5. The Morgan fingerprint density at radius 3 is 2.71 bits per heavy atom.